The highest BCUT2D eigenvalue weighted by Crippen LogP contribution is 2.05. The van der Waals surface area contributed by atoms with Crippen LogP contribution in [0.4, 0.5) is 4.79 Å². The molecule has 6 nitrogen and oxygen atoms in total. The van der Waals surface area contributed by atoms with Gasteiger partial charge in [-0.15, -0.1) is 0 Å². The predicted molar refractivity (Wildman–Crippen MR) is 46.8 cm³/mol. The van der Waals surface area contributed by atoms with Gasteiger partial charge in [0, 0.05) is 26.7 Å². The van der Waals surface area contributed by atoms with Crippen molar-refractivity contribution in [2.45, 2.75) is 6.04 Å². The van der Waals surface area contributed by atoms with Gasteiger partial charge in [0.25, 0.3) is 0 Å². The zero-order chi connectivity index (χ0) is 10.0. The smallest absolute Gasteiger partial charge is 0.319 e. The standard InChI is InChI=1S/C7H14N4O2/c1-10-2-3-11(7(10)13)4-5(8)6(9)12/h5H,2-4,8H2,1H3,(H2,9,12). The molecule has 1 fully saturated rings. The summed E-state index contributed by atoms with van der Waals surface area (Å²) >= 11 is 0. The summed E-state index contributed by atoms with van der Waals surface area (Å²) in [5.74, 6) is -0.581. The lowest BCUT2D eigenvalue weighted by molar-refractivity contribution is -0.119. The van der Waals surface area contributed by atoms with Gasteiger partial charge < -0.3 is 21.3 Å². The second-order valence-electron chi connectivity index (χ2n) is 3.16. The Morgan fingerprint density at radius 1 is 1.62 bits per heavy atom. The van der Waals surface area contributed by atoms with Crippen molar-refractivity contribution in [3.63, 3.8) is 0 Å². The summed E-state index contributed by atoms with van der Waals surface area (Å²) in [5.41, 5.74) is 10.4. The third kappa shape index (κ3) is 2.09. The largest absolute Gasteiger partial charge is 0.368 e. The Morgan fingerprint density at radius 3 is 2.62 bits per heavy atom. The van der Waals surface area contributed by atoms with E-state index in [0.29, 0.717) is 13.1 Å². The van der Waals surface area contributed by atoms with Crippen LogP contribution in [0.15, 0.2) is 0 Å². The number of carbonyl (C=O) groups is 2. The topological polar surface area (TPSA) is 92.7 Å². The molecule has 74 valence electrons. The fourth-order valence-electron chi connectivity index (χ4n) is 1.20. The van der Waals surface area contributed by atoms with Crippen molar-refractivity contribution in [1.29, 1.82) is 0 Å². The van der Waals surface area contributed by atoms with Crippen LogP contribution < -0.4 is 11.5 Å². The second kappa shape index (κ2) is 3.61. The Morgan fingerprint density at radius 2 is 2.23 bits per heavy atom. The Hall–Kier alpha value is -1.30. The molecule has 3 amide bonds. The number of rotatable bonds is 3. The molecule has 0 aromatic rings. The molecule has 1 saturated heterocycles. The molecule has 1 aliphatic heterocycles. The van der Waals surface area contributed by atoms with E-state index in [0.717, 1.165) is 0 Å². The lowest BCUT2D eigenvalue weighted by atomic mass is 10.3. The van der Waals surface area contributed by atoms with E-state index < -0.39 is 11.9 Å². The molecular weight excluding hydrogens is 172 g/mol. The van der Waals surface area contributed by atoms with Gasteiger partial charge in [0.1, 0.15) is 6.04 Å². The zero-order valence-corrected chi connectivity index (χ0v) is 7.56. The molecule has 1 unspecified atom stereocenters. The third-order valence-electron chi connectivity index (χ3n) is 2.08. The van der Waals surface area contributed by atoms with Gasteiger partial charge in [-0.1, -0.05) is 0 Å². The number of carbonyl (C=O) groups excluding carboxylic acids is 2. The van der Waals surface area contributed by atoms with Crippen molar-refractivity contribution in [2.24, 2.45) is 11.5 Å². The van der Waals surface area contributed by atoms with Crippen LogP contribution in [0.1, 0.15) is 0 Å². The molecule has 1 atom stereocenters. The monoisotopic (exact) mass is 186 g/mol. The molecule has 1 rings (SSSR count). The maximum Gasteiger partial charge on any atom is 0.319 e. The van der Waals surface area contributed by atoms with E-state index in [1.165, 1.54) is 4.90 Å². The minimum absolute atomic E-state index is 0.100. The molecule has 1 heterocycles. The van der Waals surface area contributed by atoms with Crippen molar-refractivity contribution in [2.75, 3.05) is 26.7 Å². The number of hydrogen-bond donors (Lipinski definition) is 2. The SMILES string of the molecule is CN1CCN(CC(N)C(N)=O)C1=O. The molecule has 13 heavy (non-hydrogen) atoms. The van der Waals surface area contributed by atoms with Gasteiger partial charge in [-0.25, -0.2) is 4.79 Å². The van der Waals surface area contributed by atoms with Crippen molar-refractivity contribution in [3.8, 4) is 0 Å². The lowest BCUT2D eigenvalue weighted by Crippen LogP contribution is -2.46. The highest BCUT2D eigenvalue weighted by atomic mass is 16.2. The van der Waals surface area contributed by atoms with Crippen LogP contribution in [0.5, 0.6) is 0 Å². The van der Waals surface area contributed by atoms with Crippen molar-refractivity contribution >= 4 is 11.9 Å². The summed E-state index contributed by atoms with van der Waals surface area (Å²) < 4.78 is 0. The quantitative estimate of drug-likeness (QED) is 0.542. The van der Waals surface area contributed by atoms with E-state index in [4.69, 9.17) is 11.5 Å². The highest BCUT2D eigenvalue weighted by Gasteiger charge is 2.27. The minimum Gasteiger partial charge on any atom is -0.368 e. The Bertz CT molecular complexity index is 231. The average Bonchev–Trinajstić information content (AvgIpc) is 2.36. The molecule has 0 saturated carbocycles. The first-order valence-corrected chi connectivity index (χ1v) is 4.07. The summed E-state index contributed by atoms with van der Waals surface area (Å²) in [6, 6.07) is -0.868. The minimum atomic E-state index is -0.768. The second-order valence-corrected chi connectivity index (χ2v) is 3.16. The molecule has 0 spiro atoms. The maximum absolute atomic E-state index is 11.3. The van der Waals surface area contributed by atoms with E-state index in [9.17, 15) is 9.59 Å². The van der Waals surface area contributed by atoms with Crippen LogP contribution in [0.3, 0.4) is 0 Å². The molecule has 0 aliphatic carbocycles. The predicted octanol–water partition coefficient (Wildman–Crippen LogP) is -1.83. The summed E-state index contributed by atoms with van der Waals surface area (Å²) in [6.45, 7) is 1.49. The highest BCUT2D eigenvalue weighted by molar-refractivity contribution is 5.81. The van der Waals surface area contributed by atoms with Gasteiger partial charge in [0.2, 0.25) is 5.91 Å². The van der Waals surface area contributed by atoms with Crippen LogP contribution in [-0.2, 0) is 4.79 Å². The van der Waals surface area contributed by atoms with Crippen LogP contribution in [-0.4, -0.2) is 54.5 Å². The van der Waals surface area contributed by atoms with E-state index >= 15 is 0 Å². The van der Waals surface area contributed by atoms with Gasteiger partial charge in [-0.2, -0.15) is 0 Å². The number of hydrogen-bond acceptors (Lipinski definition) is 3. The first-order chi connectivity index (χ1) is 6.02. The van der Waals surface area contributed by atoms with Crippen LogP contribution in [0.2, 0.25) is 0 Å². The van der Waals surface area contributed by atoms with Gasteiger partial charge in [0.15, 0.2) is 0 Å². The number of primary amides is 1. The van der Waals surface area contributed by atoms with Gasteiger partial charge in [0.05, 0.1) is 0 Å². The molecule has 0 radical (unpaired) electrons. The zero-order valence-electron chi connectivity index (χ0n) is 7.56. The first-order valence-electron chi connectivity index (χ1n) is 4.07. The average molecular weight is 186 g/mol. The summed E-state index contributed by atoms with van der Waals surface area (Å²) in [5, 5.41) is 0. The summed E-state index contributed by atoms with van der Waals surface area (Å²) in [4.78, 5) is 25.0. The van der Waals surface area contributed by atoms with E-state index in [-0.39, 0.29) is 12.6 Å². The lowest BCUT2D eigenvalue weighted by Gasteiger charge is -2.18. The fraction of sp³-hybridized carbons (Fsp3) is 0.714. The third-order valence-corrected chi connectivity index (χ3v) is 2.08. The van der Waals surface area contributed by atoms with Gasteiger partial charge in [-0.05, 0) is 0 Å². The number of nitrogens with zero attached hydrogens (tertiary/aromatic N) is 2. The van der Waals surface area contributed by atoms with Gasteiger partial charge >= 0.3 is 6.03 Å². The van der Waals surface area contributed by atoms with E-state index in [1.54, 1.807) is 11.9 Å². The summed E-state index contributed by atoms with van der Waals surface area (Å²) in [7, 11) is 1.71. The number of nitrogens with two attached hydrogens (primary N) is 2. The molecule has 6 heteroatoms. The number of amides is 3. The number of likely N-dealkylation sites (N-methyl/N-ethyl adjacent to an activating group) is 1. The first kappa shape index (κ1) is 9.79. The normalized spacial score (nSPS) is 19.4. The number of urea groups is 1. The van der Waals surface area contributed by atoms with Crippen LogP contribution >= 0.6 is 0 Å². The maximum atomic E-state index is 11.3. The van der Waals surface area contributed by atoms with Crippen molar-refractivity contribution < 1.29 is 9.59 Å². The Balaban J connectivity index is 2.47. The van der Waals surface area contributed by atoms with Crippen LogP contribution in [0.25, 0.3) is 0 Å². The molecular formula is C7H14N4O2. The molecule has 1 aliphatic rings. The molecule has 0 aromatic carbocycles. The Kier molecular flexibility index (Phi) is 2.72. The molecule has 4 N–H and O–H groups in total. The van der Waals surface area contributed by atoms with E-state index in [2.05, 4.69) is 0 Å². The fourth-order valence-corrected chi connectivity index (χ4v) is 1.20. The Labute approximate surface area is 76.4 Å². The molecule has 0 bridgehead atoms. The van der Waals surface area contributed by atoms with Gasteiger partial charge in [-0.3, -0.25) is 4.79 Å². The molecule has 0 aromatic heterocycles. The van der Waals surface area contributed by atoms with Crippen molar-refractivity contribution in [1.82, 2.24) is 9.80 Å². The van der Waals surface area contributed by atoms with Crippen molar-refractivity contribution in [3.05, 3.63) is 0 Å². The van der Waals surface area contributed by atoms with E-state index in [1.807, 2.05) is 0 Å². The van der Waals surface area contributed by atoms with Crippen LogP contribution in [0, 0.1) is 0 Å². The summed E-state index contributed by atoms with van der Waals surface area (Å²) in [6.07, 6.45) is 0.